The molecule has 0 aromatic carbocycles. The van der Waals surface area contributed by atoms with Crippen LogP contribution in [-0.2, 0) is 33.4 Å². The molecular formula is C48H90N2O7S2. The predicted octanol–water partition coefficient (Wildman–Crippen LogP) is 12.6. The number of nitrogens with one attached hydrogen (secondary N) is 1. The SMILES string of the molecule is CCCCCCCC/C=C\CCCCCCCC(=O)O[C@@H](C(=O)NCCC(=O)OCCSSCCCCCCCCCCCCCC)C(C)(C)COC(=O)CCN(C)C. The van der Waals surface area contributed by atoms with Crippen LogP contribution < -0.4 is 5.32 Å². The first kappa shape index (κ1) is 57.3. The van der Waals surface area contributed by atoms with Crippen molar-refractivity contribution >= 4 is 45.4 Å². The van der Waals surface area contributed by atoms with Gasteiger partial charge in [0.25, 0.3) is 5.91 Å². The Kier molecular flexibility index (Phi) is 40.4. The Bertz CT molecular complexity index is 1060. The summed E-state index contributed by atoms with van der Waals surface area (Å²) < 4.78 is 16.7. The molecule has 0 bridgehead atoms. The minimum Gasteiger partial charge on any atom is -0.465 e. The largest absolute Gasteiger partial charge is 0.465 e. The number of hydrogen-bond donors (Lipinski definition) is 1. The molecule has 0 radical (unpaired) electrons. The molecule has 0 aliphatic heterocycles. The van der Waals surface area contributed by atoms with Crippen LogP contribution in [0.3, 0.4) is 0 Å². The minimum absolute atomic E-state index is 0.0118. The molecule has 0 heterocycles. The molecule has 346 valence electrons. The second-order valence-corrected chi connectivity index (χ2v) is 19.9. The van der Waals surface area contributed by atoms with Crippen LogP contribution >= 0.6 is 21.6 Å². The third-order valence-corrected chi connectivity index (χ3v) is 12.9. The third kappa shape index (κ3) is 38.9. The summed E-state index contributed by atoms with van der Waals surface area (Å²) in [5, 5.41) is 2.75. The summed E-state index contributed by atoms with van der Waals surface area (Å²) in [5.74, 6) is 0.0877. The number of nitrogens with zero attached hydrogens (tertiary/aromatic N) is 1. The van der Waals surface area contributed by atoms with Gasteiger partial charge in [0.15, 0.2) is 6.10 Å². The number of esters is 3. The van der Waals surface area contributed by atoms with Crippen molar-refractivity contribution in [3.63, 3.8) is 0 Å². The number of amides is 1. The van der Waals surface area contributed by atoms with E-state index in [-0.39, 0.29) is 44.4 Å². The summed E-state index contributed by atoms with van der Waals surface area (Å²) in [7, 11) is 7.31. The lowest BCUT2D eigenvalue weighted by Crippen LogP contribution is -2.49. The van der Waals surface area contributed by atoms with E-state index in [1.54, 1.807) is 24.6 Å². The monoisotopic (exact) mass is 871 g/mol. The molecule has 1 atom stereocenters. The molecule has 0 aromatic heterocycles. The second-order valence-electron chi connectivity index (χ2n) is 17.2. The number of allylic oxidation sites excluding steroid dienone is 2. The molecule has 59 heavy (non-hydrogen) atoms. The van der Waals surface area contributed by atoms with E-state index in [2.05, 4.69) is 31.3 Å². The van der Waals surface area contributed by atoms with Crippen molar-refractivity contribution in [3.05, 3.63) is 12.2 Å². The molecule has 11 heteroatoms. The van der Waals surface area contributed by atoms with E-state index in [9.17, 15) is 19.2 Å². The highest BCUT2D eigenvalue weighted by Crippen LogP contribution is 2.26. The summed E-state index contributed by atoms with van der Waals surface area (Å²) >= 11 is 0. The zero-order valence-corrected chi connectivity index (χ0v) is 40.5. The molecule has 1 amide bonds. The first-order valence-corrected chi connectivity index (χ1v) is 26.3. The van der Waals surface area contributed by atoms with Gasteiger partial charge in [0.1, 0.15) is 13.2 Å². The number of hydrogen-bond acceptors (Lipinski definition) is 10. The van der Waals surface area contributed by atoms with Crippen LogP contribution in [0.2, 0.25) is 0 Å². The average Bonchev–Trinajstić information content (AvgIpc) is 3.20. The van der Waals surface area contributed by atoms with Gasteiger partial charge in [-0.1, -0.05) is 183 Å². The standard InChI is InChI=1S/C48H90N2O7S2/c1-7-9-11-13-15-17-19-21-22-23-24-26-28-30-32-34-45(53)57-46(48(3,4)42-56-44(52)36-38-50(5)6)47(54)49-37-35-43(51)55-39-41-59-58-40-33-31-29-27-25-20-18-16-14-12-10-8-2/h21-22,46H,7-20,23-42H2,1-6H3,(H,49,54)/b22-21-/t46-/m0/s1. The summed E-state index contributed by atoms with van der Waals surface area (Å²) in [4.78, 5) is 53.0. The molecule has 0 fully saturated rings. The molecule has 0 saturated carbocycles. The Morgan fingerprint density at radius 2 is 1.05 bits per heavy atom. The fourth-order valence-corrected chi connectivity index (χ4v) is 8.56. The van der Waals surface area contributed by atoms with Gasteiger partial charge >= 0.3 is 17.9 Å². The van der Waals surface area contributed by atoms with Crippen LogP contribution in [0.1, 0.15) is 207 Å². The lowest BCUT2D eigenvalue weighted by Gasteiger charge is -2.32. The van der Waals surface area contributed by atoms with Crippen LogP contribution in [-0.4, -0.2) is 86.7 Å². The summed E-state index contributed by atoms with van der Waals surface area (Å²) in [6.07, 6.45) is 35.2. The van der Waals surface area contributed by atoms with E-state index < -0.39 is 23.4 Å². The zero-order valence-electron chi connectivity index (χ0n) is 38.9. The average molecular weight is 871 g/mol. The van der Waals surface area contributed by atoms with Crippen molar-refractivity contribution in [3.8, 4) is 0 Å². The van der Waals surface area contributed by atoms with Crippen molar-refractivity contribution in [1.29, 1.82) is 0 Å². The molecule has 0 rings (SSSR count). The number of carbonyl (C=O) groups is 4. The third-order valence-electron chi connectivity index (χ3n) is 10.4. The number of unbranched alkanes of at least 4 members (excludes halogenated alkanes) is 22. The second kappa shape index (κ2) is 41.6. The van der Waals surface area contributed by atoms with E-state index in [1.165, 1.54) is 122 Å². The van der Waals surface area contributed by atoms with Crippen molar-refractivity contribution < 1.29 is 33.4 Å². The van der Waals surface area contributed by atoms with Crippen LogP contribution in [0, 0.1) is 5.41 Å². The highest BCUT2D eigenvalue weighted by Gasteiger charge is 2.39. The minimum atomic E-state index is -1.19. The van der Waals surface area contributed by atoms with Gasteiger partial charge in [-0.05, 0) is 52.6 Å². The topological polar surface area (TPSA) is 111 Å². The van der Waals surface area contributed by atoms with Gasteiger partial charge in [-0.15, -0.1) is 0 Å². The fourth-order valence-electron chi connectivity index (χ4n) is 6.59. The van der Waals surface area contributed by atoms with Gasteiger partial charge in [0.2, 0.25) is 0 Å². The molecular weight excluding hydrogens is 781 g/mol. The normalized spacial score (nSPS) is 12.3. The molecule has 9 nitrogen and oxygen atoms in total. The maximum Gasteiger partial charge on any atom is 0.307 e. The molecule has 1 N–H and O–H groups in total. The Morgan fingerprint density at radius 1 is 0.576 bits per heavy atom. The van der Waals surface area contributed by atoms with Gasteiger partial charge in [0, 0.05) is 36.4 Å². The maximum absolute atomic E-state index is 13.4. The van der Waals surface area contributed by atoms with Crippen molar-refractivity contribution in [2.24, 2.45) is 5.41 Å². The van der Waals surface area contributed by atoms with E-state index in [0.29, 0.717) is 19.6 Å². The van der Waals surface area contributed by atoms with E-state index in [0.717, 1.165) is 43.6 Å². The molecule has 0 aliphatic rings. The first-order valence-electron chi connectivity index (χ1n) is 23.9. The quantitative estimate of drug-likeness (QED) is 0.0209. The molecule has 0 unspecified atom stereocenters. The van der Waals surface area contributed by atoms with Gasteiger partial charge in [-0.25, -0.2) is 0 Å². The van der Waals surface area contributed by atoms with E-state index in [1.807, 2.05) is 29.8 Å². The Balaban J connectivity index is 4.44. The zero-order chi connectivity index (χ0) is 43.7. The van der Waals surface area contributed by atoms with Crippen molar-refractivity contribution in [2.75, 3.05) is 51.9 Å². The molecule has 0 spiro atoms. The number of ether oxygens (including phenoxy) is 3. The van der Waals surface area contributed by atoms with Crippen molar-refractivity contribution in [2.45, 2.75) is 214 Å². The molecule has 0 aromatic rings. The Hall–Kier alpha value is -1.72. The first-order chi connectivity index (χ1) is 28.5. The highest BCUT2D eigenvalue weighted by atomic mass is 33.1. The summed E-state index contributed by atoms with van der Waals surface area (Å²) in [5.41, 5.74) is -0.987. The van der Waals surface area contributed by atoms with Crippen LogP contribution in [0.25, 0.3) is 0 Å². The molecule has 0 aliphatic carbocycles. The van der Waals surface area contributed by atoms with Crippen LogP contribution in [0.4, 0.5) is 0 Å². The van der Waals surface area contributed by atoms with Crippen LogP contribution in [0.15, 0.2) is 12.2 Å². The smallest absolute Gasteiger partial charge is 0.307 e. The predicted molar refractivity (Wildman–Crippen MR) is 252 cm³/mol. The number of carbonyl (C=O) groups excluding carboxylic acids is 4. The van der Waals surface area contributed by atoms with E-state index >= 15 is 0 Å². The lowest BCUT2D eigenvalue weighted by atomic mass is 9.86. The van der Waals surface area contributed by atoms with Gasteiger partial charge in [0.05, 0.1) is 12.8 Å². The van der Waals surface area contributed by atoms with Gasteiger partial charge in [-0.3, -0.25) is 19.2 Å². The Labute approximate surface area is 370 Å². The summed E-state index contributed by atoms with van der Waals surface area (Å²) in [6, 6.07) is 0. The van der Waals surface area contributed by atoms with E-state index in [4.69, 9.17) is 14.2 Å². The van der Waals surface area contributed by atoms with Gasteiger partial charge < -0.3 is 24.4 Å². The Morgan fingerprint density at radius 3 is 1.59 bits per heavy atom. The highest BCUT2D eigenvalue weighted by molar-refractivity contribution is 8.76. The van der Waals surface area contributed by atoms with Gasteiger partial charge in [-0.2, -0.15) is 0 Å². The fraction of sp³-hybridized carbons (Fsp3) is 0.875. The lowest BCUT2D eigenvalue weighted by molar-refractivity contribution is -0.169. The maximum atomic E-state index is 13.4. The molecule has 0 saturated heterocycles. The summed E-state index contributed by atoms with van der Waals surface area (Å²) in [6.45, 7) is 8.84. The number of rotatable bonds is 43. The van der Waals surface area contributed by atoms with Crippen molar-refractivity contribution in [1.82, 2.24) is 10.2 Å². The van der Waals surface area contributed by atoms with Crippen LogP contribution in [0.5, 0.6) is 0 Å².